The van der Waals surface area contributed by atoms with Crippen LogP contribution in [0.5, 0.6) is 0 Å². The molecule has 0 fully saturated rings. The first-order valence-corrected chi connectivity index (χ1v) is 9.78. The molecule has 3 aromatic rings. The van der Waals surface area contributed by atoms with E-state index >= 15 is 0 Å². The molecule has 1 amide bonds. The van der Waals surface area contributed by atoms with Crippen LogP contribution in [0.4, 0.5) is 5.13 Å². The summed E-state index contributed by atoms with van der Waals surface area (Å²) in [6.45, 7) is 2.38. The van der Waals surface area contributed by atoms with E-state index in [1.54, 1.807) is 18.4 Å². The Morgan fingerprint density at radius 2 is 2.00 bits per heavy atom. The predicted octanol–water partition coefficient (Wildman–Crippen LogP) is 4.24. The van der Waals surface area contributed by atoms with E-state index in [-0.39, 0.29) is 5.91 Å². The number of anilines is 1. The van der Waals surface area contributed by atoms with Crippen LogP contribution in [0.2, 0.25) is 5.02 Å². The average molecular weight is 393 g/mol. The molecule has 8 heteroatoms. The number of halogens is 1. The van der Waals surface area contributed by atoms with E-state index in [9.17, 15) is 4.79 Å². The van der Waals surface area contributed by atoms with Crippen molar-refractivity contribution >= 4 is 45.3 Å². The van der Waals surface area contributed by atoms with E-state index in [0.29, 0.717) is 22.9 Å². The molecular weight excluding hydrogens is 376 g/mol. The first-order chi connectivity index (χ1) is 12.1. The maximum Gasteiger partial charge on any atom is 0.263 e. The highest BCUT2D eigenvalue weighted by Crippen LogP contribution is 2.24. The van der Waals surface area contributed by atoms with E-state index in [4.69, 9.17) is 11.6 Å². The van der Waals surface area contributed by atoms with Crippen molar-refractivity contribution in [3.05, 3.63) is 50.2 Å². The zero-order chi connectivity index (χ0) is 17.8. The molecule has 0 aliphatic heterocycles. The Morgan fingerprint density at radius 1 is 1.24 bits per heavy atom. The summed E-state index contributed by atoms with van der Waals surface area (Å²) < 4.78 is 0. The summed E-state index contributed by atoms with van der Waals surface area (Å²) in [4.78, 5) is 21.8. The molecule has 2 aromatic heterocycles. The highest BCUT2D eigenvalue weighted by Gasteiger charge is 2.14. The number of aromatic nitrogens is 2. The Hall–Kier alpha value is -1.96. The van der Waals surface area contributed by atoms with Gasteiger partial charge in [0.2, 0.25) is 0 Å². The van der Waals surface area contributed by atoms with Crippen LogP contribution in [0.15, 0.2) is 29.6 Å². The lowest BCUT2D eigenvalue weighted by atomic mass is 10.2. The van der Waals surface area contributed by atoms with E-state index in [1.807, 2.05) is 36.6 Å². The minimum absolute atomic E-state index is 0.0917. The molecule has 0 spiro atoms. The van der Waals surface area contributed by atoms with E-state index < -0.39 is 0 Å². The summed E-state index contributed by atoms with van der Waals surface area (Å²) in [5.41, 5.74) is 2.71. The van der Waals surface area contributed by atoms with Crippen LogP contribution in [-0.4, -0.2) is 29.5 Å². The molecule has 0 bridgehead atoms. The SMILES string of the molecule is CNc1nc(C)c(C(=O)NCCc2nc(-c3ccc(Cl)cc3)cs2)s1. The predicted molar refractivity (Wildman–Crippen MR) is 105 cm³/mol. The summed E-state index contributed by atoms with van der Waals surface area (Å²) in [6.07, 6.45) is 0.695. The zero-order valence-corrected chi connectivity index (χ0v) is 16.2. The maximum atomic E-state index is 12.2. The van der Waals surface area contributed by atoms with Crippen molar-refractivity contribution in [3.8, 4) is 11.3 Å². The summed E-state index contributed by atoms with van der Waals surface area (Å²) in [5, 5.41) is 10.4. The number of hydrogen-bond acceptors (Lipinski definition) is 6. The third kappa shape index (κ3) is 4.36. The van der Waals surface area contributed by atoms with Crippen molar-refractivity contribution in [2.24, 2.45) is 0 Å². The van der Waals surface area contributed by atoms with Gasteiger partial charge in [-0.1, -0.05) is 35.1 Å². The van der Waals surface area contributed by atoms with Gasteiger partial charge in [0.15, 0.2) is 5.13 Å². The van der Waals surface area contributed by atoms with Crippen LogP contribution < -0.4 is 10.6 Å². The summed E-state index contributed by atoms with van der Waals surface area (Å²) in [6, 6.07) is 7.61. The van der Waals surface area contributed by atoms with Gasteiger partial charge in [-0.25, -0.2) is 9.97 Å². The van der Waals surface area contributed by atoms with Gasteiger partial charge in [0.25, 0.3) is 5.91 Å². The zero-order valence-electron chi connectivity index (χ0n) is 13.8. The molecule has 5 nitrogen and oxygen atoms in total. The Bertz CT molecular complexity index is 873. The molecule has 0 aliphatic carbocycles. The largest absolute Gasteiger partial charge is 0.365 e. The minimum Gasteiger partial charge on any atom is -0.365 e. The number of carbonyl (C=O) groups is 1. The van der Waals surface area contributed by atoms with Crippen molar-refractivity contribution in [2.45, 2.75) is 13.3 Å². The van der Waals surface area contributed by atoms with E-state index in [1.165, 1.54) is 11.3 Å². The van der Waals surface area contributed by atoms with Crippen LogP contribution in [0.1, 0.15) is 20.4 Å². The molecule has 0 radical (unpaired) electrons. The van der Waals surface area contributed by atoms with Crippen molar-refractivity contribution in [1.29, 1.82) is 0 Å². The fourth-order valence-corrected chi connectivity index (χ4v) is 4.03. The molecule has 0 unspecified atom stereocenters. The van der Waals surface area contributed by atoms with Crippen molar-refractivity contribution in [2.75, 3.05) is 18.9 Å². The number of carbonyl (C=O) groups excluding carboxylic acids is 1. The van der Waals surface area contributed by atoms with Crippen LogP contribution >= 0.6 is 34.3 Å². The first-order valence-electron chi connectivity index (χ1n) is 7.70. The third-order valence-corrected chi connectivity index (χ3v) is 5.87. The molecule has 0 atom stereocenters. The third-order valence-electron chi connectivity index (χ3n) is 3.53. The molecule has 130 valence electrons. The van der Waals surface area contributed by atoms with Gasteiger partial charge in [-0.2, -0.15) is 0 Å². The van der Waals surface area contributed by atoms with Crippen LogP contribution in [0.3, 0.4) is 0 Å². The molecule has 2 N–H and O–H groups in total. The number of aryl methyl sites for hydroxylation is 1. The fraction of sp³-hybridized carbons (Fsp3) is 0.235. The Labute approximate surface area is 159 Å². The van der Waals surface area contributed by atoms with Gasteiger partial charge in [-0.3, -0.25) is 4.79 Å². The Morgan fingerprint density at radius 3 is 2.68 bits per heavy atom. The summed E-state index contributed by atoms with van der Waals surface area (Å²) in [7, 11) is 1.79. The maximum absolute atomic E-state index is 12.2. The van der Waals surface area contributed by atoms with Gasteiger partial charge in [0.05, 0.1) is 16.4 Å². The van der Waals surface area contributed by atoms with Gasteiger partial charge in [0, 0.05) is 36.0 Å². The van der Waals surface area contributed by atoms with Gasteiger partial charge >= 0.3 is 0 Å². The minimum atomic E-state index is -0.0917. The highest BCUT2D eigenvalue weighted by atomic mass is 35.5. The van der Waals surface area contributed by atoms with Crippen LogP contribution in [-0.2, 0) is 6.42 Å². The smallest absolute Gasteiger partial charge is 0.263 e. The quantitative estimate of drug-likeness (QED) is 0.658. The van der Waals surface area contributed by atoms with Gasteiger partial charge in [-0.15, -0.1) is 11.3 Å². The number of nitrogens with one attached hydrogen (secondary N) is 2. The number of rotatable bonds is 6. The standard InChI is InChI=1S/C17H17ClN4OS2/c1-10-15(25-17(19-2)21-10)16(23)20-8-7-14-22-13(9-24-14)11-3-5-12(18)6-4-11/h3-6,9H,7-8H2,1-2H3,(H,19,21)(H,20,23). The van der Waals surface area contributed by atoms with Crippen LogP contribution in [0.25, 0.3) is 11.3 Å². The van der Waals surface area contributed by atoms with Crippen molar-refractivity contribution < 1.29 is 4.79 Å². The fourth-order valence-electron chi connectivity index (χ4n) is 2.26. The molecular formula is C17H17ClN4OS2. The molecule has 0 saturated heterocycles. The molecule has 0 aliphatic rings. The lowest BCUT2D eigenvalue weighted by Crippen LogP contribution is -2.25. The molecule has 3 rings (SSSR count). The lowest BCUT2D eigenvalue weighted by molar-refractivity contribution is 0.0957. The Kier molecular flexibility index (Phi) is 5.67. The van der Waals surface area contributed by atoms with Crippen LogP contribution in [0, 0.1) is 6.92 Å². The highest BCUT2D eigenvalue weighted by molar-refractivity contribution is 7.17. The molecule has 25 heavy (non-hydrogen) atoms. The number of nitrogens with zero attached hydrogens (tertiary/aromatic N) is 2. The Balaban J connectivity index is 1.56. The van der Waals surface area contributed by atoms with E-state index in [0.717, 1.165) is 27.1 Å². The number of thiazole rings is 2. The molecule has 0 saturated carbocycles. The summed E-state index contributed by atoms with van der Waals surface area (Å²) in [5.74, 6) is -0.0917. The second-order valence-electron chi connectivity index (χ2n) is 5.32. The number of amides is 1. The number of benzene rings is 1. The lowest BCUT2D eigenvalue weighted by Gasteiger charge is -2.02. The molecule has 1 aromatic carbocycles. The first kappa shape index (κ1) is 17.8. The topological polar surface area (TPSA) is 66.9 Å². The molecule has 2 heterocycles. The normalized spacial score (nSPS) is 10.7. The van der Waals surface area contributed by atoms with Gasteiger partial charge in [0.1, 0.15) is 4.88 Å². The van der Waals surface area contributed by atoms with Crippen molar-refractivity contribution in [3.63, 3.8) is 0 Å². The summed E-state index contributed by atoms with van der Waals surface area (Å²) >= 11 is 8.86. The average Bonchev–Trinajstić information content (AvgIpc) is 3.22. The second kappa shape index (κ2) is 7.95. The monoisotopic (exact) mass is 392 g/mol. The number of hydrogen-bond donors (Lipinski definition) is 2. The van der Waals surface area contributed by atoms with Gasteiger partial charge in [-0.05, 0) is 19.1 Å². The van der Waals surface area contributed by atoms with E-state index in [2.05, 4.69) is 20.6 Å². The van der Waals surface area contributed by atoms with Gasteiger partial charge < -0.3 is 10.6 Å². The second-order valence-corrected chi connectivity index (χ2v) is 7.70. The van der Waals surface area contributed by atoms with Crippen molar-refractivity contribution in [1.82, 2.24) is 15.3 Å².